The first kappa shape index (κ1) is 20.0. The zero-order valence-electron chi connectivity index (χ0n) is 17.8. The molecule has 1 unspecified atom stereocenters. The van der Waals surface area contributed by atoms with Crippen LogP contribution in [0.2, 0.25) is 0 Å². The average Bonchev–Trinajstić information content (AvgIpc) is 3.43. The third-order valence-electron chi connectivity index (χ3n) is 6.70. The molecule has 1 aliphatic heterocycles. The number of hydrogen-bond donors (Lipinski definition) is 2. The van der Waals surface area contributed by atoms with E-state index in [1.165, 1.54) is 30.5 Å². The van der Waals surface area contributed by atoms with Gasteiger partial charge in [-0.2, -0.15) is 0 Å². The summed E-state index contributed by atoms with van der Waals surface area (Å²) in [5.41, 5.74) is 13.1. The van der Waals surface area contributed by atoms with Crippen molar-refractivity contribution in [3.8, 4) is 11.3 Å². The van der Waals surface area contributed by atoms with Gasteiger partial charge in [0.15, 0.2) is 0 Å². The maximum atomic E-state index is 13.3. The minimum Gasteiger partial charge on any atom is -0.317 e. The summed E-state index contributed by atoms with van der Waals surface area (Å²) in [6.07, 6.45) is 6.91. The first-order chi connectivity index (χ1) is 15.7. The van der Waals surface area contributed by atoms with Crippen LogP contribution in [0.1, 0.15) is 65.5 Å². The van der Waals surface area contributed by atoms with E-state index in [0.717, 1.165) is 59.2 Å². The van der Waals surface area contributed by atoms with E-state index in [1.54, 1.807) is 23.5 Å². The molecule has 32 heavy (non-hydrogen) atoms. The summed E-state index contributed by atoms with van der Waals surface area (Å²) in [6.45, 7) is 2.13. The number of imidazole rings is 1. The second-order valence-corrected chi connectivity index (χ2v) is 9.82. The first-order valence-electron chi connectivity index (χ1n) is 11.4. The number of pyridine rings is 1. The summed E-state index contributed by atoms with van der Waals surface area (Å²) >= 11 is 1.56. The lowest BCUT2D eigenvalue weighted by atomic mass is 9.91. The molecular weight excluding hydrogens is 421 g/mol. The number of aromatic nitrogens is 3. The number of piperidine rings is 1. The van der Waals surface area contributed by atoms with Gasteiger partial charge in [-0.05, 0) is 80.6 Å². The lowest BCUT2D eigenvalue weighted by Crippen LogP contribution is -2.26. The van der Waals surface area contributed by atoms with Gasteiger partial charge in [-0.15, -0.1) is 11.3 Å². The second kappa shape index (κ2) is 8.06. The summed E-state index contributed by atoms with van der Waals surface area (Å²) in [5.74, 6) is 0.821. The van der Waals surface area contributed by atoms with Crippen molar-refractivity contribution in [1.29, 1.82) is 0 Å². The molecule has 1 aromatic carbocycles. The molecule has 2 fully saturated rings. The molecule has 1 saturated carbocycles. The molecule has 7 heteroatoms. The summed E-state index contributed by atoms with van der Waals surface area (Å²) in [6, 6.07) is 10.5. The van der Waals surface area contributed by atoms with Gasteiger partial charge in [0.2, 0.25) is 0 Å². The highest BCUT2D eigenvalue weighted by Gasteiger charge is 2.33. The molecule has 0 amide bonds. The molecule has 2 aliphatic rings. The van der Waals surface area contributed by atoms with Gasteiger partial charge in [-0.25, -0.2) is 14.4 Å². The van der Waals surface area contributed by atoms with Crippen molar-refractivity contribution in [2.75, 3.05) is 13.1 Å². The van der Waals surface area contributed by atoms with Gasteiger partial charge in [-0.3, -0.25) is 0 Å². The van der Waals surface area contributed by atoms with Crippen molar-refractivity contribution in [2.24, 2.45) is 5.73 Å². The molecule has 0 radical (unpaired) electrons. The Bertz CT molecular complexity index is 1250. The van der Waals surface area contributed by atoms with Gasteiger partial charge < -0.3 is 15.5 Å². The zero-order chi connectivity index (χ0) is 21.7. The third-order valence-corrected chi connectivity index (χ3v) is 7.63. The number of halogens is 1. The van der Waals surface area contributed by atoms with Gasteiger partial charge in [0.1, 0.15) is 22.5 Å². The SMILES string of the molecule is NC(c1nc(-c2ccc(F)cc2)cs1)c1c(C2CC2)nc2ccc(C3CCNCC3)cn12. The zero-order valence-corrected chi connectivity index (χ0v) is 18.6. The maximum absolute atomic E-state index is 13.3. The van der Waals surface area contributed by atoms with Crippen molar-refractivity contribution < 1.29 is 4.39 Å². The number of fused-ring (bicyclic) bond motifs is 1. The predicted octanol–water partition coefficient (Wildman–Crippen LogP) is 4.99. The smallest absolute Gasteiger partial charge is 0.137 e. The second-order valence-electron chi connectivity index (χ2n) is 8.93. The van der Waals surface area contributed by atoms with Crippen LogP contribution in [0.3, 0.4) is 0 Å². The standard InChI is InChI=1S/C25H26FN5S/c26-19-6-3-16(4-7-19)20-14-32-25(29-20)22(27)24-23(17-1-2-17)30-21-8-5-18(13-31(21)24)15-9-11-28-12-10-15/h3-8,13-15,17,22,28H,1-2,9-12,27H2. The summed E-state index contributed by atoms with van der Waals surface area (Å²) < 4.78 is 15.5. The van der Waals surface area contributed by atoms with Crippen LogP contribution in [0, 0.1) is 5.82 Å². The van der Waals surface area contributed by atoms with Crippen molar-refractivity contribution in [1.82, 2.24) is 19.7 Å². The Labute approximate surface area is 190 Å². The summed E-state index contributed by atoms with van der Waals surface area (Å²) in [7, 11) is 0. The van der Waals surface area contributed by atoms with E-state index in [-0.39, 0.29) is 11.9 Å². The molecule has 4 aromatic rings. The molecule has 1 atom stereocenters. The summed E-state index contributed by atoms with van der Waals surface area (Å²) in [4.78, 5) is 9.82. The number of nitrogens with one attached hydrogen (secondary N) is 1. The minimum atomic E-state index is -0.344. The van der Waals surface area contributed by atoms with E-state index in [9.17, 15) is 4.39 Å². The fourth-order valence-electron chi connectivity index (χ4n) is 4.76. The van der Waals surface area contributed by atoms with Crippen LogP contribution in [0.4, 0.5) is 4.39 Å². The number of benzene rings is 1. The highest BCUT2D eigenvalue weighted by molar-refractivity contribution is 7.10. The molecule has 0 bridgehead atoms. The molecule has 6 rings (SSSR count). The Morgan fingerprint density at radius 2 is 1.78 bits per heavy atom. The normalized spacial score (nSPS) is 18.3. The van der Waals surface area contributed by atoms with Crippen LogP contribution < -0.4 is 11.1 Å². The molecule has 3 aromatic heterocycles. The predicted molar refractivity (Wildman–Crippen MR) is 126 cm³/mol. The van der Waals surface area contributed by atoms with E-state index in [0.29, 0.717) is 11.8 Å². The topological polar surface area (TPSA) is 68.2 Å². The van der Waals surface area contributed by atoms with Gasteiger partial charge in [0, 0.05) is 23.1 Å². The van der Waals surface area contributed by atoms with Gasteiger partial charge >= 0.3 is 0 Å². The van der Waals surface area contributed by atoms with Crippen LogP contribution in [0.25, 0.3) is 16.9 Å². The Morgan fingerprint density at radius 3 is 2.53 bits per heavy atom. The van der Waals surface area contributed by atoms with Crippen LogP contribution in [0.15, 0.2) is 48.0 Å². The molecule has 1 saturated heterocycles. The molecule has 5 nitrogen and oxygen atoms in total. The monoisotopic (exact) mass is 447 g/mol. The van der Waals surface area contributed by atoms with Gasteiger partial charge in [0.25, 0.3) is 0 Å². The van der Waals surface area contributed by atoms with E-state index in [1.807, 2.05) is 5.38 Å². The van der Waals surface area contributed by atoms with Crippen LogP contribution in [-0.4, -0.2) is 27.5 Å². The molecular formula is C25H26FN5S. The largest absolute Gasteiger partial charge is 0.317 e. The fourth-order valence-corrected chi connectivity index (χ4v) is 5.59. The Morgan fingerprint density at radius 1 is 1.00 bits per heavy atom. The molecule has 164 valence electrons. The first-order valence-corrected chi connectivity index (χ1v) is 12.2. The van der Waals surface area contributed by atoms with Gasteiger partial charge in [0.05, 0.1) is 17.1 Å². The highest BCUT2D eigenvalue weighted by Crippen LogP contribution is 2.44. The van der Waals surface area contributed by atoms with E-state index in [2.05, 4.69) is 28.0 Å². The molecule has 3 N–H and O–H groups in total. The van der Waals surface area contributed by atoms with Gasteiger partial charge in [-0.1, -0.05) is 6.07 Å². The molecule has 4 heterocycles. The number of thiazole rings is 1. The highest BCUT2D eigenvalue weighted by atomic mass is 32.1. The minimum absolute atomic E-state index is 0.245. The molecule has 1 aliphatic carbocycles. The lowest BCUT2D eigenvalue weighted by molar-refractivity contribution is 0.459. The maximum Gasteiger partial charge on any atom is 0.137 e. The molecule has 0 spiro atoms. The van der Waals surface area contributed by atoms with Crippen molar-refractivity contribution >= 4 is 17.0 Å². The number of nitrogens with zero attached hydrogens (tertiary/aromatic N) is 3. The van der Waals surface area contributed by atoms with Crippen molar-refractivity contribution in [3.05, 3.63) is 75.8 Å². The number of hydrogen-bond acceptors (Lipinski definition) is 5. The van der Waals surface area contributed by atoms with E-state index >= 15 is 0 Å². The Hall–Kier alpha value is -2.61. The Kier molecular flexibility index (Phi) is 5.05. The quantitative estimate of drug-likeness (QED) is 0.452. The fraction of sp³-hybridized carbons (Fsp3) is 0.360. The third kappa shape index (κ3) is 3.64. The average molecular weight is 448 g/mol. The number of nitrogens with two attached hydrogens (primary N) is 1. The Balaban J connectivity index is 1.40. The van der Waals surface area contributed by atoms with E-state index < -0.39 is 0 Å². The summed E-state index contributed by atoms with van der Waals surface area (Å²) in [5, 5.41) is 6.32. The van der Waals surface area contributed by atoms with Crippen LogP contribution >= 0.6 is 11.3 Å². The van der Waals surface area contributed by atoms with Crippen LogP contribution in [0.5, 0.6) is 0 Å². The number of rotatable bonds is 5. The van der Waals surface area contributed by atoms with E-state index in [4.69, 9.17) is 15.7 Å². The van der Waals surface area contributed by atoms with Crippen molar-refractivity contribution in [3.63, 3.8) is 0 Å². The van der Waals surface area contributed by atoms with Crippen molar-refractivity contribution in [2.45, 2.75) is 43.6 Å². The lowest BCUT2D eigenvalue weighted by Gasteiger charge is -2.23. The van der Waals surface area contributed by atoms with Crippen LogP contribution in [-0.2, 0) is 0 Å².